The molecule has 2 rings (SSSR count). The smallest absolute Gasteiger partial charge is 0.334 e. The third kappa shape index (κ3) is 2.90. The minimum atomic E-state index is -4.77. The molecule has 1 N–H and O–H groups in total. The second kappa shape index (κ2) is 4.96. The van der Waals surface area contributed by atoms with Gasteiger partial charge < -0.3 is 9.84 Å². The van der Waals surface area contributed by atoms with E-state index in [-0.39, 0.29) is 11.5 Å². The Bertz CT molecular complexity index is 580. The van der Waals surface area contributed by atoms with Gasteiger partial charge in [-0.25, -0.2) is 4.39 Å². The van der Waals surface area contributed by atoms with Gasteiger partial charge in [0.15, 0.2) is 5.82 Å². The molecule has 0 saturated heterocycles. The van der Waals surface area contributed by atoms with Crippen LogP contribution in [0.2, 0.25) is 0 Å². The van der Waals surface area contributed by atoms with Gasteiger partial charge in [0.25, 0.3) is 5.89 Å². The van der Waals surface area contributed by atoms with Crippen molar-refractivity contribution in [3.63, 3.8) is 0 Å². The highest BCUT2D eigenvalue weighted by molar-refractivity contribution is 5.54. The van der Waals surface area contributed by atoms with E-state index in [1.54, 1.807) is 7.05 Å². The molecule has 0 unspecified atom stereocenters. The third-order valence-electron chi connectivity index (χ3n) is 2.32. The van der Waals surface area contributed by atoms with E-state index in [4.69, 9.17) is 4.52 Å². The highest BCUT2D eigenvalue weighted by Gasteiger charge is 2.34. The second-order valence-electron chi connectivity index (χ2n) is 3.74. The van der Waals surface area contributed by atoms with E-state index in [2.05, 4.69) is 15.5 Å². The largest absolute Gasteiger partial charge is 0.419 e. The number of hydrogen-bond acceptors (Lipinski definition) is 4. The fourth-order valence-corrected chi connectivity index (χ4v) is 1.48. The lowest BCUT2D eigenvalue weighted by Gasteiger charge is -2.08. The van der Waals surface area contributed by atoms with Crippen molar-refractivity contribution < 1.29 is 22.1 Å². The summed E-state index contributed by atoms with van der Waals surface area (Å²) in [5.41, 5.74) is -1.35. The number of nitrogens with one attached hydrogen (secondary N) is 1. The van der Waals surface area contributed by atoms with E-state index >= 15 is 0 Å². The van der Waals surface area contributed by atoms with Crippen LogP contribution in [0, 0.1) is 5.82 Å². The molecule has 0 bridgehead atoms. The molecule has 4 nitrogen and oxygen atoms in total. The Morgan fingerprint density at radius 2 is 2.05 bits per heavy atom. The third-order valence-corrected chi connectivity index (χ3v) is 2.32. The molecule has 0 amide bonds. The van der Waals surface area contributed by atoms with Crippen molar-refractivity contribution in [2.24, 2.45) is 0 Å². The normalized spacial score (nSPS) is 11.8. The van der Waals surface area contributed by atoms with E-state index < -0.39 is 17.6 Å². The van der Waals surface area contributed by atoms with E-state index in [9.17, 15) is 17.6 Å². The van der Waals surface area contributed by atoms with Crippen LogP contribution in [0.5, 0.6) is 0 Å². The molecule has 1 heterocycles. The molecular formula is C11H9F4N3O. The van der Waals surface area contributed by atoms with Gasteiger partial charge in [0, 0.05) is 5.56 Å². The van der Waals surface area contributed by atoms with Gasteiger partial charge >= 0.3 is 6.18 Å². The lowest BCUT2D eigenvalue weighted by molar-refractivity contribution is -0.139. The van der Waals surface area contributed by atoms with Crippen molar-refractivity contribution >= 4 is 0 Å². The summed E-state index contributed by atoms with van der Waals surface area (Å²) in [7, 11) is 1.66. The zero-order valence-corrected chi connectivity index (χ0v) is 9.75. The molecule has 2 aromatic rings. The van der Waals surface area contributed by atoms with Crippen molar-refractivity contribution in [3.05, 3.63) is 35.4 Å². The summed E-state index contributed by atoms with van der Waals surface area (Å²) in [6.07, 6.45) is -4.77. The number of hydrogen-bond donors (Lipinski definition) is 1. The number of rotatable bonds is 3. The number of nitrogens with zero attached hydrogens (tertiary/aromatic N) is 2. The topological polar surface area (TPSA) is 51.0 Å². The van der Waals surface area contributed by atoms with Crippen molar-refractivity contribution in [3.8, 4) is 11.5 Å². The monoisotopic (exact) mass is 275 g/mol. The van der Waals surface area contributed by atoms with Gasteiger partial charge in [-0.15, -0.1) is 0 Å². The van der Waals surface area contributed by atoms with Gasteiger partial charge in [0.2, 0.25) is 0 Å². The standard InChI is InChI=1S/C11H9F4N3O/c1-16-5-9-17-10(19-18-9)6-2-3-8(12)7(4-6)11(13,14)15/h2-4,16H,5H2,1H3. The van der Waals surface area contributed by atoms with Gasteiger partial charge in [0.05, 0.1) is 12.1 Å². The highest BCUT2D eigenvalue weighted by atomic mass is 19.4. The maximum Gasteiger partial charge on any atom is 0.419 e. The van der Waals surface area contributed by atoms with E-state index in [1.165, 1.54) is 0 Å². The molecule has 1 aromatic carbocycles. The Hall–Kier alpha value is -1.96. The summed E-state index contributed by atoms with van der Waals surface area (Å²) in [5, 5.41) is 6.34. The molecule has 0 aliphatic carbocycles. The fourth-order valence-electron chi connectivity index (χ4n) is 1.48. The molecule has 0 aliphatic heterocycles. The fraction of sp³-hybridized carbons (Fsp3) is 0.273. The average Bonchev–Trinajstić information content (AvgIpc) is 2.77. The summed E-state index contributed by atoms with van der Waals surface area (Å²) in [6, 6.07) is 2.52. The van der Waals surface area contributed by atoms with Crippen LogP contribution in [0.1, 0.15) is 11.4 Å². The van der Waals surface area contributed by atoms with Gasteiger partial charge in [-0.3, -0.25) is 0 Å². The Morgan fingerprint density at radius 1 is 1.32 bits per heavy atom. The van der Waals surface area contributed by atoms with E-state index in [0.717, 1.165) is 12.1 Å². The molecule has 0 atom stereocenters. The first-order chi connectivity index (χ1) is 8.91. The van der Waals surface area contributed by atoms with Crippen molar-refractivity contribution in [1.29, 1.82) is 0 Å². The maximum absolute atomic E-state index is 13.1. The number of aromatic nitrogens is 2. The Labute approximate surface area is 105 Å². The lowest BCUT2D eigenvalue weighted by Crippen LogP contribution is -2.08. The minimum absolute atomic E-state index is 0.0172. The Kier molecular flexibility index (Phi) is 3.52. The summed E-state index contributed by atoms with van der Waals surface area (Å²) in [6.45, 7) is 0.316. The number of halogens is 4. The number of benzene rings is 1. The Balaban J connectivity index is 2.39. The zero-order valence-electron chi connectivity index (χ0n) is 9.75. The Morgan fingerprint density at radius 3 is 2.68 bits per heavy atom. The van der Waals surface area contributed by atoms with Crippen LogP contribution in [0.4, 0.5) is 17.6 Å². The summed E-state index contributed by atoms with van der Waals surface area (Å²) >= 11 is 0. The van der Waals surface area contributed by atoms with Gasteiger partial charge in [-0.05, 0) is 25.2 Å². The molecule has 19 heavy (non-hydrogen) atoms. The summed E-state index contributed by atoms with van der Waals surface area (Å²) < 4.78 is 55.6. The van der Waals surface area contributed by atoms with Gasteiger partial charge in [-0.1, -0.05) is 5.16 Å². The second-order valence-corrected chi connectivity index (χ2v) is 3.74. The SMILES string of the molecule is CNCc1noc(-c2ccc(F)c(C(F)(F)F)c2)n1. The number of alkyl halides is 3. The molecule has 0 radical (unpaired) electrons. The van der Waals surface area contributed by atoms with Crippen LogP contribution in [0.3, 0.4) is 0 Å². The average molecular weight is 275 g/mol. The predicted molar refractivity (Wildman–Crippen MR) is 57.5 cm³/mol. The molecule has 102 valence electrons. The van der Waals surface area contributed by atoms with Gasteiger partial charge in [0.1, 0.15) is 5.82 Å². The van der Waals surface area contributed by atoms with Crippen molar-refractivity contribution in [2.75, 3.05) is 7.05 Å². The van der Waals surface area contributed by atoms with Crippen LogP contribution >= 0.6 is 0 Å². The molecule has 1 aromatic heterocycles. The van der Waals surface area contributed by atoms with Crippen molar-refractivity contribution in [1.82, 2.24) is 15.5 Å². The lowest BCUT2D eigenvalue weighted by atomic mass is 10.1. The summed E-state index contributed by atoms with van der Waals surface area (Å²) in [5.74, 6) is -1.13. The molecule has 0 aliphatic rings. The summed E-state index contributed by atoms with van der Waals surface area (Å²) in [4.78, 5) is 3.89. The van der Waals surface area contributed by atoms with Crippen LogP contribution in [0.15, 0.2) is 22.7 Å². The maximum atomic E-state index is 13.1. The molecule has 0 spiro atoms. The molecule has 0 fully saturated rings. The quantitative estimate of drug-likeness (QED) is 0.875. The predicted octanol–water partition coefficient (Wildman–Crippen LogP) is 2.61. The molecular weight excluding hydrogens is 266 g/mol. The van der Waals surface area contributed by atoms with Crippen LogP contribution < -0.4 is 5.32 Å². The first-order valence-electron chi connectivity index (χ1n) is 5.26. The van der Waals surface area contributed by atoms with E-state index in [1.807, 2.05) is 0 Å². The van der Waals surface area contributed by atoms with Gasteiger partial charge in [-0.2, -0.15) is 18.2 Å². The first-order valence-corrected chi connectivity index (χ1v) is 5.26. The molecule has 8 heteroatoms. The minimum Gasteiger partial charge on any atom is -0.334 e. The van der Waals surface area contributed by atoms with Crippen LogP contribution in [-0.4, -0.2) is 17.2 Å². The van der Waals surface area contributed by atoms with Crippen LogP contribution in [-0.2, 0) is 12.7 Å². The molecule has 0 saturated carbocycles. The highest BCUT2D eigenvalue weighted by Crippen LogP contribution is 2.33. The zero-order chi connectivity index (χ0) is 14.0. The van der Waals surface area contributed by atoms with Crippen molar-refractivity contribution in [2.45, 2.75) is 12.7 Å². The van der Waals surface area contributed by atoms with Crippen LogP contribution in [0.25, 0.3) is 11.5 Å². The first kappa shape index (κ1) is 13.5. The van der Waals surface area contributed by atoms with E-state index in [0.29, 0.717) is 18.4 Å².